The fourth-order valence-corrected chi connectivity index (χ4v) is 3.43. The first-order valence-electron chi connectivity index (χ1n) is 9.03. The van der Waals surface area contributed by atoms with Crippen molar-refractivity contribution in [1.82, 2.24) is 0 Å². The van der Waals surface area contributed by atoms with Crippen LogP contribution in [0.25, 0.3) is 28.0 Å². The summed E-state index contributed by atoms with van der Waals surface area (Å²) < 4.78 is 0. The fourth-order valence-electron chi connectivity index (χ4n) is 3.43. The highest BCUT2D eigenvalue weighted by Gasteiger charge is 2.05. The largest absolute Gasteiger partial charge is 0.0985 e. The highest BCUT2D eigenvalue weighted by Crippen LogP contribution is 2.28. The van der Waals surface area contributed by atoms with Crippen LogP contribution >= 0.6 is 0 Å². The number of hydrogen-bond donors (Lipinski definition) is 0. The van der Waals surface area contributed by atoms with Crippen LogP contribution < -0.4 is 0 Å². The molecule has 0 aliphatic rings. The first-order chi connectivity index (χ1) is 12.7. The van der Waals surface area contributed by atoms with Crippen LogP contribution in [0, 0.1) is 6.92 Å². The zero-order valence-electron chi connectivity index (χ0n) is 15.1. The SMILES string of the molecule is C.C=Cc1ccc2cc(-c3ccc(C)c(Cc4ccccc4)c3)ccc2c1. The number of aryl methyl sites for hydroxylation is 1. The van der Waals surface area contributed by atoms with E-state index in [0.29, 0.717) is 0 Å². The molecule has 4 rings (SSSR count). The maximum atomic E-state index is 3.86. The van der Waals surface area contributed by atoms with Crippen molar-refractivity contribution in [3.63, 3.8) is 0 Å². The van der Waals surface area contributed by atoms with E-state index in [-0.39, 0.29) is 7.43 Å². The Kier molecular flexibility index (Phi) is 5.57. The van der Waals surface area contributed by atoms with E-state index in [1.807, 2.05) is 6.08 Å². The van der Waals surface area contributed by atoms with E-state index >= 15 is 0 Å². The summed E-state index contributed by atoms with van der Waals surface area (Å²) in [6.45, 7) is 6.05. The van der Waals surface area contributed by atoms with Crippen molar-refractivity contribution in [3.8, 4) is 11.1 Å². The number of hydrogen-bond acceptors (Lipinski definition) is 0. The maximum Gasteiger partial charge on any atom is -0.00229 e. The minimum atomic E-state index is 0. The van der Waals surface area contributed by atoms with E-state index in [1.165, 1.54) is 38.6 Å². The smallest absolute Gasteiger partial charge is 0.00229 e. The molecule has 0 nitrogen and oxygen atoms in total. The van der Waals surface area contributed by atoms with E-state index in [0.717, 1.165) is 12.0 Å². The summed E-state index contributed by atoms with van der Waals surface area (Å²) in [5.41, 5.74) is 7.77. The summed E-state index contributed by atoms with van der Waals surface area (Å²) in [5, 5.41) is 2.51. The number of benzene rings is 4. The Bertz CT molecular complexity index is 1070. The van der Waals surface area contributed by atoms with Crippen molar-refractivity contribution in [1.29, 1.82) is 0 Å². The molecule has 0 heterocycles. The topological polar surface area (TPSA) is 0 Å². The van der Waals surface area contributed by atoms with Crippen LogP contribution in [0.3, 0.4) is 0 Å². The molecular formula is C27H26. The normalized spacial score (nSPS) is 10.4. The summed E-state index contributed by atoms with van der Waals surface area (Å²) in [6, 6.07) is 30.6. The Morgan fingerprint density at radius 1 is 0.741 bits per heavy atom. The molecule has 0 spiro atoms. The van der Waals surface area contributed by atoms with Gasteiger partial charge in [-0.05, 0) is 69.6 Å². The second-order valence-corrected chi connectivity index (χ2v) is 6.83. The first kappa shape index (κ1) is 18.7. The molecule has 134 valence electrons. The van der Waals surface area contributed by atoms with Crippen molar-refractivity contribution in [3.05, 3.63) is 114 Å². The lowest BCUT2D eigenvalue weighted by atomic mass is 9.94. The minimum Gasteiger partial charge on any atom is -0.0985 e. The first-order valence-corrected chi connectivity index (χ1v) is 9.03. The van der Waals surface area contributed by atoms with Gasteiger partial charge in [0.25, 0.3) is 0 Å². The third-order valence-corrected chi connectivity index (χ3v) is 5.02. The van der Waals surface area contributed by atoms with Gasteiger partial charge in [-0.25, -0.2) is 0 Å². The van der Waals surface area contributed by atoms with E-state index in [9.17, 15) is 0 Å². The molecule has 0 bridgehead atoms. The van der Waals surface area contributed by atoms with E-state index < -0.39 is 0 Å². The van der Waals surface area contributed by atoms with Crippen molar-refractivity contribution in [2.24, 2.45) is 0 Å². The van der Waals surface area contributed by atoms with Gasteiger partial charge < -0.3 is 0 Å². The predicted molar refractivity (Wildman–Crippen MR) is 120 cm³/mol. The summed E-state index contributed by atoms with van der Waals surface area (Å²) in [5.74, 6) is 0. The van der Waals surface area contributed by atoms with Crippen molar-refractivity contribution in [2.45, 2.75) is 20.8 Å². The Balaban J connectivity index is 0.00000210. The van der Waals surface area contributed by atoms with Crippen molar-refractivity contribution >= 4 is 16.8 Å². The molecule has 0 amide bonds. The Morgan fingerprint density at radius 2 is 1.41 bits per heavy atom. The molecule has 0 radical (unpaired) electrons. The Hall–Kier alpha value is -3.12. The molecule has 27 heavy (non-hydrogen) atoms. The highest BCUT2D eigenvalue weighted by molar-refractivity contribution is 5.89. The van der Waals surface area contributed by atoms with Gasteiger partial charge in [-0.3, -0.25) is 0 Å². The fraction of sp³-hybridized carbons (Fsp3) is 0.111. The summed E-state index contributed by atoms with van der Waals surface area (Å²) in [7, 11) is 0. The molecule has 4 aromatic carbocycles. The van der Waals surface area contributed by atoms with Gasteiger partial charge in [-0.2, -0.15) is 0 Å². The maximum absolute atomic E-state index is 3.86. The van der Waals surface area contributed by atoms with Crippen LogP contribution in [0.2, 0.25) is 0 Å². The van der Waals surface area contributed by atoms with Crippen LogP contribution in [-0.4, -0.2) is 0 Å². The van der Waals surface area contributed by atoms with Gasteiger partial charge in [0.2, 0.25) is 0 Å². The predicted octanol–water partition coefficient (Wildman–Crippen LogP) is 7.69. The third-order valence-electron chi connectivity index (χ3n) is 5.02. The van der Waals surface area contributed by atoms with Gasteiger partial charge in [0.15, 0.2) is 0 Å². The van der Waals surface area contributed by atoms with Gasteiger partial charge in [0.05, 0.1) is 0 Å². The minimum absolute atomic E-state index is 0. The molecule has 0 fully saturated rings. The molecule has 0 heteroatoms. The molecule has 0 aliphatic carbocycles. The zero-order valence-corrected chi connectivity index (χ0v) is 15.1. The molecule has 0 aromatic heterocycles. The lowest BCUT2D eigenvalue weighted by molar-refractivity contribution is 1.16. The Labute approximate surface area is 162 Å². The van der Waals surface area contributed by atoms with Crippen molar-refractivity contribution in [2.75, 3.05) is 0 Å². The summed E-state index contributed by atoms with van der Waals surface area (Å²) >= 11 is 0. The lowest BCUT2D eigenvalue weighted by Crippen LogP contribution is -1.93. The van der Waals surface area contributed by atoms with Gasteiger partial charge in [0, 0.05) is 0 Å². The van der Waals surface area contributed by atoms with E-state index in [1.54, 1.807) is 0 Å². The summed E-state index contributed by atoms with van der Waals surface area (Å²) in [6.07, 6.45) is 2.86. The Morgan fingerprint density at radius 3 is 2.19 bits per heavy atom. The van der Waals surface area contributed by atoms with E-state index in [2.05, 4.69) is 98.4 Å². The third kappa shape index (κ3) is 4.01. The van der Waals surface area contributed by atoms with Crippen LogP contribution in [-0.2, 0) is 6.42 Å². The molecule has 0 N–H and O–H groups in total. The summed E-state index contributed by atoms with van der Waals surface area (Å²) in [4.78, 5) is 0. The number of rotatable bonds is 4. The molecule has 0 saturated heterocycles. The average molecular weight is 351 g/mol. The number of fused-ring (bicyclic) bond motifs is 1. The molecule has 0 unspecified atom stereocenters. The van der Waals surface area contributed by atoms with Gasteiger partial charge in [-0.15, -0.1) is 0 Å². The molecule has 0 atom stereocenters. The quantitative estimate of drug-likeness (QED) is 0.354. The van der Waals surface area contributed by atoms with Crippen LogP contribution in [0.4, 0.5) is 0 Å². The van der Waals surface area contributed by atoms with Gasteiger partial charge in [-0.1, -0.05) is 92.9 Å². The zero-order chi connectivity index (χ0) is 17.9. The van der Waals surface area contributed by atoms with Crippen LogP contribution in [0.15, 0.2) is 91.5 Å². The average Bonchev–Trinajstić information content (AvgIpc) is 2.69. The van der Waals surface area contributed by atoms with Crippen LogP contribution in [0.5, 0.6) is 0 Å². The van der Waals surface area contributed by atoms with Gasteiger partial charge >= 0.3 is 0 Å². The van der Waals surface area contributed by atoms with Gasteiger partial charge in [0.1, 0.15) is 0 Å². The second kappa shape index (κ2) is 8.05. The molecular weight excluding hydrogens is 324 g/mol. The van der Waals surface area contributed by atoms with Crippen LogP contribution in [0.1, 0.15) is 29.7 Å². The van der Waals surface area contributed by atoms with E-state index in [4.69, 9.17) is 0 Å². The molecule has 0 saturated carbocycles. The molecule has 4 aromatic rings. The monoisotopic (exact) mass is 350 g/mol. The molecule has 0 aliphatic heterocycles. The standard InChI is InChI=1S/C26H22.CH4/c1-3-20-10-12-24-17-25(14-13-22(24)15-20)23-11-9-19(2)26(18-23)16-21-7-5-4-6-8-21;/h3-15,17-18H,1,16H2,2H3;1H4. The highest BCUT2D eigenvalue weighted by atomic mass is 14.1. The second-order valence-electron chi connectivity index (χ2n) is 6.83. The lowest BCUT2D eigenvalue weighted by Gasteiger charge is -2.11. The van der Waals surface area contributed by atoms with Crippen molar-refractivity contribution < 1.29 is 0 Å².